The highest BCUT2D eigenvalue weighted by atomic mass is 16.5. The Morgan fingerprint density at radius 2 is 1.92 bits per heavy atom. The summed E-state index contributed by atoms with van der Waals surface area (Å²) in [4.78, 5) is 2.29. The van der Waals surface area contributed by atoms with Gasteiger partial charge in [0.15, 0.2) is 0 Å². The number of nitrogens with zero attached hydrogens (tertiary/aromatic N) is 1. The molecule has 80 valence electrons. The summed E-state index contributed by atoms with van der Waals surface area (Å²) in [6.45, 7) is 10.3. The molecule has 0 atom stereocenters. The van der Waals surface area contributed by atoms with Crippen molar-refractivity contribution in [3.05, 3.63) is 0 Å². The van der Waals surface area contributed by atoms with Crippen LogP contribution in [-0.2, 0) is 4.74 Å². The fraction of sp³-hybridized carbons (Fsp3) is 1.00. The minimum absolute atomic E-state index is 0.858. The molecule has 0 aromatic carbocycles. The number of hydrogen-bond acceptors (Lipinski definition) is 3. The van der Waals surface area contributed by atoms with Crippen LogP contribution in [0.15, 0.2) is 0 Å². The Morgan fingerprint density at radius 1 is 1.15 bits per heavy atom. The van der Waals surface area contributed by atoms with E-state index in [4.69, 9.17) is 4.74 Å². The molecule has 0 rings (SSSR count). The Bertz CT molecular complexity index is 98.9. The van der Waals surface area contributed by atoms with Crippen molar-refractivity contribution >= 4 is 0 Å². The van der Waals surface area contributed by atoms with E-state index in [1.807, 2.05) is 0 Å². The van der Waals surface area contributed by atoms with Gasteiger partial charge in [-0.15, -0.1) is 0 Å². The molecule has 3 heteroatoms. The van der Waals surface area contributed by atoms with Crippen LogP contribution in [0.4, 0.5) is 0 Å². The number of hydrogen-bond donors (Lipinski definition) is 1. The third-order valence-corrected chi connectivity index (χ3v) is 1.89. The van der Waals surface area contributed by atoms with E-state index >= 15 is 0 Å². The molecule has 0 radical (unpaired) electrons. The van der Waals surface area contributed by atoms with E-state index in [0.717, 1.165) is 45.8 Å². The van der Waals surface area contributed by atoms with Crippen LogP contribution in [0.5, 0.6) is 0 Å². The average molecular weight is 188 g/mol. The van der Waals surface area contributed by atoms with E-state index in [9.17, 15) is 0 Å². The summed E-state index contributed by atoms with van der Waals surface area (Å²) in [5.41, 5.74) is 0. The SMILES string of the molecule is CCCOCCN(C)CCNCC. The third kappa shape index (κ3) is 9.80. The van der Waals surface area contributed by atoms with Crippen molar-refractivity contribution < 1.29 is 4.74 Å². The van der Waals surface area contributed by atoms with Crippen molar-refractivity contribution in [2.24, 2.45) is 0 Å². The van der Waals surface area contributed by atoms with E-state index in [-0.39, 0.29) is 0 Å². The molecule has 0 bridgehead atoms. The monoisotopic (exact) mass is 188 g/mol. The molecule has 0 heterocycles. The molecule has 0 aliphatic carbocycles. The van der Waals surface area contributed by atoms with Gasteiger partial charge in [0.1, 0.15) is 0 Å². The number of ether oxygens (including phenoxy) is 1. The summed E-state index contributed by atoms with van der Waals surface area (Å²) in [6.07, 6.45) is 1.11. The van der Waals surface area contributed by atoms with Crippen molar-refractivity contribution in [2.75, 3.05) is 46.4 Å². The Labute approximate surface area is 82.4 Å². The van der Waals surface area contributed by atoms with Crippen LogP contribution in [0.3, 0.4) is 0 Å². The number of likely N-dealkylation sites (N-methyl/N-ethyl adjacent to an activating group) is 2. The van der Waals surface area contributed by atoms with Gasteiger partial charge in [0.05, 0.1) is 6.61 Å². The quantitative estimate of drug-likeness (QED) is 0.545. The zero-order valence-electron chi connectivity index (χ0n) is 9.31. The molecule has 0 unspecified atom stereocenters. The van der Waals surface area contributed by atoms with Crippen molar-refractivity contribution in [1.82, 2.24) is 10.2 Å². The van der Waals surface area contributed by atoms with E-state index in [0.29, 0.717) is 0 Å². The maximum absolute atomic E-state index is 5.40. The summed E-state index contributed by atoms with van der Waals surface area (Å²) < 4.78 is 5.40. The van der Waals surface area contributed by atoms with Crippen LogP contribution < -0.4 is 5.32 Å². The van der Waals surface area contributed by atoms with Crippen molar-refractivity contribution in [3.8, 4) is 0 Å². The molecule has 0 aliphatic rings. The predicted molar refractivity (Wildman–Crippen MR) is 57.2 cm³/mol. The second-order valence-electron chi connectivity index (χ2n) is 3.27. The highest BCUT2D eigenvalue weighted by Crippen LogP contribution is 1.84. The van der Waals surface area contributed by atoms with Crippen LogP contribution in [0.25, 0.3) is 0 Å². The Balaban J connectivity index is 3.05. The Morgan fingerprint density at radius 3 is 2.54 bits per heavy atom. The smallest absolute Gasteiger partial charge is 0.0593 e. The van der Waals surface area contributed by atoms with Gasteiger partial charge in [-0.25, -0.2) is 0 Å². The van der Waals surface area contributed by atoms with Gasteiger partial charge >= 0.3 is 0 Å². The first-order valence-corrected chi connectivity index (χ1v) is 5.28. The van der Waals surface area contributed by atoms with E-state index in [1.54, 1.807) is 0 Å². The van der Waals surface area contributed by atoms with Gasteiger partial charge in [-0.3, -0.25) is 0 Å². The van der Waals surface area contributed by atoms with Crippen molar-refractivity contribution in [2.45, 2.75) is 20.3 Å². The molecule has 0 aromatic rings. The topological polar surface area (TPSA) is 24.5 Å². The van der Waals surface area contributed by atoms with Gasteiger partial charge < -0.3 is 15.0 Å². The van der Waals surface area contributed by atoms with E-state index in [2.05, 4.69) is 31.1 Å². The minimum Gasteiger partial charge on any atom is -0.380 e. The first-order chi connectivity index (χ1) is 6.31. The number of rotatable bonds is 9. The third-order valence-electron chi connectivity index (χ3n) is 1.89. The fourth-order valence-electron chi connectivity index (χ4n) is 1.03. The lowest BCUT2D eigenvalue weighted by molar-refractivity contribution is 0.112. The molecule has 0 aromatic heterocycles. The van der Waals surface area contributed by atoms with E-state index in [1.165, 1.54) is 0 Å². The molecular formula is C10H24N2O. The molecule has 3 nitrogen and oxygen atoms in total. The van der Waals surface area contributed by atoms with E-state index < -0.39 is 0 Å². The molecule has 0 saturated heterocycles. The first-order valence-electron chi connectivity index (χ1n) is 5.28. The van der Waals surface area contributed by atoms with Gasteiger partial charge in [0.25, 0.3) is 0 Å². The molecule has 13 heavy (non-hydrogen) atoms. The Hall–Kier alpha value is -0.120. The van der Waals surface area contributed by atoms with Gasteiger partial charge in [-0.1, -0.05) is 13.8 Å². The van der Waals surface area contributed by atoms with Crippen molar-refractivity contribution in [3.63, 3.8) is 0 Å². The minimum atomic E-state index is 0.858. The normalized spacial score (nSPS) is 11.1. The van der Waals surface area contributed by atoms with Crippen LogP contribution in [0.2, 0.25) is 0 Å². The fourth-order valence-corrected chi connectivity index (χ4v) is 1.03. The summed E-state index contributed by atoms with van der Waals surface area (Å²) in [7, 11) is 2.13. The lowest BCUT2D eigenvalue weighted by atomic mass is 10.5. The van der Waals surface area contributed by atoms with Crippen molar-refractivity contribution in [1.29, 1.82) is 0 Å². The van der Waals surface area contributed by atoms with Gasteiger partial charge in [-0.05, 0) is 20.0 Å². The van der Waals surface area contributed by atoms with Gasteiger partial charge in [-0.2, -0.15) is 0 Å². The predicted octanol–water partition coefficient (Wildman–Crippen LogP) is 0.954. The van der Waals surface area contributed by atoms with Crippen LogP contribution in [0.1, 0.15) is 20.3 Å². The summed E-state index contributed by atoms with van der Waals surface area (Å²) in [6, 6.07) is 0. The maximum Gasteiger partial charge on any atom is 0.0593 e. The second kappa shape index (κ2) is 9.96. The van der Waals surface area contributed by atoms with Gasteiger partial charge in [0, 0.05) is 26.2 Å². The lowest BCUT2D eigenvalue weighted by Crippen LogP contribution is -2.31. The zero-order valence-corrected chi connectivity index (χ0v) is 9.31. The van der Waals surface area contributed by atoms with Crippen LogP contribution in [0, 0.1) is 0 Å². The first kappa shape index (κ1) is 12.9. The Kier molecular flexibility index (Phi) is 9.87. The molecule has 0 amide bonds. The van der Waals surface area contributed by atoms with Gasteiger partial charge in [0.2, 0.25) is 0 Å². The standard InChI is InChI=1S/C10H24N2O/c1-4-9-13-10-8-12(3)7-6-11-5-2/h11H,4-10H2,1-3H3. The molecule has 0 fully saturated rings. The number of nitrogens with one attached hydrogen (secondary N) is 1. The summed E-state index contributed by atoms with van der Waals surface area (Å²) >= 11 is 0. The lowest BCUT2D eigenvalue weighted by Gasteiger charge is -2.16. The largest absolute Gasteiger partial charge is 0.380 e. The highest BCUT2D eigenvalue weighted by Gasteiger charge is 1.96. The molecule has 1 N–H and O–H groups in total. The van der Waals surface area contributed by atoms with Crippen LogP contribution in [-0.4, -0.2) is 51.3 Å². The average Bonchev–Trinajstić information content (AvgIpc) is 2.13. The summed E-state index contributed by atoms with van der Waals surface area (Å²) in [5, 5.41) is 3.30. The zero-order chi connectivity index (χ0) is 9.94. The molecular weight excluding hydrogens is 164 g/mol. The molecule has 0 spiro atoms. The molecule has 0 aliphatic heterocycles. The van der Waals surface area contributed by atoms with Crippen LogP contribution >= 0.6 is 0 Å². The molecule has 0 saturated carbocycles. The maximum atomic E-state index is 5.40. The highest BCUT2D eigenvalue weighted by molar-refractivity contribution is 4.52. The summed E-state index contributed by atoms with van der Waals surface area (Å²) in [5.74, 6) is 0. The second-order valence-corrected chi connectivity index (χ2v) is 3.27.